The van der Waals surface area contributed by atoms with E-state index in [1.807, 2.05) is 42.1 Å². The number of para-hydroxylation sites is 1. The largest absolute Gasteiger partial charge is 0.324 e. The van der Waals surface area contributed by atoms with Crippen LogP contribution in [-0.4, -0.2) is 9.78 Å². The zero-order valence-electron chi connectivity index (χ0n) is 8.39. The Kier molecular flexibility index (Phi) is 2.88. The van der Waals surface area contributed by atoms with Gasteiger partial charge in [0.15, 0.2) is 0 Å². The van der Waals surface area contributed by atoms with Gasteiger partial charge in [0, 0.05) is 22.3 Å². The molecule has 78 valence electrons. The van der Waals surface area contributed by atoms with Crippen molar-refractivity contribution in [1.29, 1.82) is 0 Å². The lowest BCUT2D eigenvalue weighted by atomic mass is 10.2. The van der Waals surface area contributed by atoms with Crippen molar-refractivity contribution in [3.63, 3.8) is 0 Å². The summed E-state index contributed by atoms with van der Waals surface area (Å²) in [5.41, 5.74) is 7.83. The van der Waals surface area contributed by atoms with Crippen molar-refractivity contribution in [3.8, 4) is 5.69 Å². The molecule has 15 heavy (non-hydrogen) atoms. The van der Waals surface area contributed by atoms with E-state index >= 15 is 0 Å². The average Bonchev–Trinajstić information content (AvgIpc) is 2.67. The average molecular weight is 266 g/mol. The van der Waals surface area contributed by atoms with E-state index in [-0.39, 0.29) is 6.04 Å². The summed E-state index contributed by atoms with van der Waals surface area (Å²) in [7, 11) is 0. The molecule has 0 aliphatic heterocycles. The minimum atomic E-state index is 0.0150. The Labute approximate surface area is 97.0 Å². The van der Waals surface area contributed by atoms with Crippen LogP contribution in [-0.2, 0) is 0 Å². The van der Waals surface area contributed by atoms with Gasteiger partial charge in [0.1, 0.15) is 0 Å². The monoisotopic (exact) mass is 265 g/mol. The van der Waals surface area contributed by atoms with Crippen molar-refractivity contribution < 1.29 is 0 Å². The van der Waals surface area contributed by atoms with Gasteiger partial charge in [0.2, 0.25) is 0 Å². The predicted octanol–water partition coefficient (Wildman–Crippen LogP) is 2.65. The van der Waals surface area contributed by atoms with Crippen LogP contribution in [0.25, 0.3) is 5.69 Å². The first kappa shape index (κ1) is 10.4. The summed E-state index contributed by atoms with van der Waals surface area (Å²) in [6.45, 7) is 1.95. The molecule has 0 saturated heterocycles. The highest BCUT2D eigenvalue weighted by molar-refractivity contribution is 9.10. The molecule has 0 bridgehead atoms. The summed E-state index contributed by atoms with van der Waals surface area (Å²) in [4.78, 5) is 0. The molecular formula is C11H12BrN3. The zero-order chi connectivity index (χ0) is 10.8. The molecule has 0 fully saturated rings. The standard InChI is InChI=1S/C11H12BrN3/c1-8(13)9-6-14-15(7-9)11-5-3-2-4-10(11)12/h2-8H,13H2,1H3. The van der Waals surface area contributed by atoms with E-state index in [1.165, 1.54) is 0 Å². The van der Waals surface area contributed by atoms with Crippen LogP contribution in [0.5, 0.6) is 0 Å². The quantitative estimate of drug-likeness (QED) is 0.908. The predicted molar refractivity (Wildman–Crippen MR) is 63.9 cm³/mol. The first-order valence-corrected chi connectivity index (χ1v) is 5.53. The number of aromatic nitrogens is 2. The third-order valence-corrected chi connectivity index (χ3v) is 2.90. The number of rotatable bonds is 2. The lowest BCUT2D eigenvalue weighted by molar-refractivity contribution is 0.815. The molecule has 1 aromatic carbocycles. The third-order valence-electron chi connectivity index (χ3n) is 2.23. The Morgan fingerprint density at radius 2 is 2.13 bits per heavy atom. The minimum Gasteiger partial charge on any atom is -0.324 e. The molecule has 2 N–H and O–H groups in total. The zero-order valence-corrected chi connectivity index (χ0v) is 9.98. The summed E-state index contributed by atoms with van der Waals surface area (Å²) >= 11 is 3.49. The van der Waals surface area contributed by atoms with Crippen LogP contribution in [0.1, 0.15) is 18.5 Å². The number of halogens is 1. The van der Waals surface area contributed by atoms with Gasteiger partial charge in [-0.05, 0) is 35.0 Å². The van der Waals surface area contributed by atoms with E-state index in [2.05, 4.69) is 21.0 Å². The topological polar surface area (TPSA) is 43.8 Å². The molecule has 0 radical (unpaired) electrons. The fourth-order valence-corrected chi connectivity index (χ4v) is 1.81. The van der Waals surface area contributed by atoms with Crippen LogP contribution < -0.4 is 5.73 Å². The Hall–Kier alpha value is -1.13. The van der Waals surface area contributed by atoms with Gasteiger partial charge in [-0.15, -0.1) is 0 Å². The second kappa shape index (κ2) is 4.16. The molecule has 0 saturated carbocycles. The third kappa shape index (κ3) is 2.11. The van der Waals surface area contributed by atoms with Crippen molar-refractivity contribution in [2.75, 3.05) is 0 Å². The Morgan fingerprint density at radius 3 is 2.73 bits per heavy atom. The van der Waals surface area contributed by atoms with E-state index in [0.29, 0.717) is 0 Å². The Morgan fingerprint density at radius 1 is 1.40 bits per heavy atom. The van der Waals surface area contributed by atoms with Gasteiger partial charge in [-0.3, -0.25) is 0 Å². The van der Waals surface area contributed by atoms with Crippen LogP contribution in [0.3, 0.4) is 0 Å². The van der Waals surface area contributed by atoms with Crippen LogP contribution in [0.4, 0.5) is 0 Å². The van der Waals surface area contributed by atoms with Gasteiger partial charge >= 0.3 is 0 Å². The Bertz CT molecular complexity index is 462. The maximum atomic E-state index is 5.78. The van der Waals surface area contributed by atoms with Gasteiger partial charge in [-0.1, -0.05) is 12.1 Å². The van der Waals surface area contributed by atoms with E-state index < -0.39 is 0 Å². The van der Waals surface area contributed by atoms with Gasteiger partial charge < -0.3 is 5.73 Å². The summed E-state index contributed by atoms with van der Waals surface area (Å²) < 4.78 is 2.84. The molecule has 1 heterocycles. The molecule has 1 aromatic heterocycles. The van der Waals surface area contributed by atoms with E-state index in [4.69, 9.17) is 5.73 Å². The second-order valence-electron chi connectivity index (χ2n) is 3.46. The smallest absolute Gasteiger partial charge is 0.0787 e. The fraction of sp³-hybridized carbons (Fsp3) is 0.182. The maximum Gasteiger partial charge on any atom is 0.0787 e. The van der Waals surface area contributed by atoms with E-state index in [0.717, 1.165) is 15.7 Å². The van der Waals surface area contributed by atoms with Gasteiger partial charge in [-0.2, -0.15) is 5.10 Å². The van der Waals surface area contributed by atoms with Crippen LogP contribution >= 0.6 is 15.9 Å². The molecule has 0 aliphatic carbocycles. The Balaban J connectivity index is 2.42. The molecule has 4 heteroatoms. The number of hydrogen-bond donors (Lipinski definition) is 1. The van der Waals surface area contributed by atoms with E-state index in [9.17, 15) is 0 Å². The summed E-state index contributed by atoms with van der Waals surface area (Å²) in [5.74, 6) is 0. The molecule has 2 aromatic rings. The highest BCUT2D eigenvalue weighted by Gasteiger charge is 2.06. The summed E-state index contributed by atoms with van der Waals surface area (Å²) in [6, 6.07) is 7.96. The van der Waals surface area contributed by atoms with Crippen molar-refractivity contribution in [2.24, 2.45) is 5.73 Å². The highest BCUT2D eigenvalue weighted by atomic mass is 79.9. The molecule has 0 spiro atoms. The first-order valence-electron chi connectivity index (χ1n) is 4.73. The lowest BCUT2D eigenvalue weighted by Crippen LogP contribution is -2.03. The molecule has 1 atom stereocenters. The van der Waals surface area contributed by atoms with Gasteiger partial charge in [0.25, 0.3) is 0 Å². The van der Waals surface area contributed by atoms with Crippen LogP contribution in [0.15, 0.2) is 41.1 Å². The molecule has 0 aliphatic rings. The van der Waals surface area contributed by atoms with Gasteiger partial charge in [-0.25, -0.2) is 4.68 Å². The fourth-order valence-electron chi connectivity index (χ4n) is 1.34. The van der Waals surface area contributed by atoms with Crippen LogP contribution in [0, 0.1) is 0 Å². The van der Waals surface area contributed by atoms with Crippen molar-refractivity contribution in [1.82, 2.24) is 9.78 Å². The summed E-state index contributed by atoms with van der Waals surface area (Å²) in [5, 5.41) is 4.28. The second-order valence-corrected chi connectivity index (χ2v) is 4.31. The van der Waals surface area contributed by atoms with Crippen molar-refractivity contribution in [3.05, 3.63) is 46.7 Å². The lowest BCUT2D eigenvalue weighted by Gasteiger charge is -2.03. The molecule has 2 rings (SSSR count). The molecule has 0 amide bonds. The minimum absolute atomic E-state index is 0.0150. The molecule has 1 unspecified atom stereocenters. The van der Waals surface area contributed by atoms with Crippen LogP contribution in [0.2, 0.25) is 0 Å². The molecule has 3 nitrogen and oxygen atoms in total. The number of nitrogens with two attached hydrogens (primary N) is 1. The number of benzene rings is 1. The first-order chi connectivity index (χ1) is 7.18. The van der Waals surface area contributed by atoms with E-state index in [1.54, 1.807) is 6.20 Å². The van der Waals surface area contributed by atoms with Crippen molar-refractivity contribution >= 4 is 15.9 Å². The highest BCUT2D eigenvalue weighted by Crippen LogP contribution is 2.20. The maximum absolute atomic E-state index is 5.78. The normalized spacial score (nSPS) is 12.7. The number of nitrogens with zero attached hydrogens (tertiary/aromatic N) is 2. The molecular weight excluding hydrogens is 254 g/mol. The summed E-state index contributed by atoms with van der Waals surface area (Å²) in [6.07, 6.45) is 3.74. The number of hydrogen-bond acceptors (Lipinski definition) is 2. The van der Waals surface area contributed by atoms with Crippen molar-refractivity contribution in [2.45, 2.75) is 13.0 Å². The van der Waals surface area contributed by atoms with Gasteiger partial charge in [0.05, 0.1) is 11.9 Å². The SMILES string of the molecule is CC(N)c1cnn(-c2ccccc2Br)c1.